The van der Waals surface area contributed by atoms with Crippen LogP contribution in [0.25, 0.3) is 0 Å². The van der Waals surface area contributed by atoms with E-state index in [1.807, 2.05) is 6.07 Å². The van der Waals surface area contributed by atoms with Gasteiger partial charge in [-0.05, 0) is 30.7 Å². The van der Waals surface area contributed by atoms with Crippen molar-refractivity contribution in [3.05, 3.63) is 34.2 Å². The molecular weight excluding hydrogens is 264 g/mol. The first-order chi connectivity index (χ1) is 9.24. The predicted molar refractivity (Wildman–Crippen MR) is 71.2 cm³/mol. The molecule has 0 radical (unpaired) electrons. The summed E-state index contributed by atoms with van der Waals surface area (Å²) in [6, 6.07) is 4.17. The molecule has 0 spiro atoms. The number of carboxylic acids is 1. The first-order valence-electron chi connectivity index (χ1n) is 6.29. The van der Waals surface area contributed by atoms with Gasteiger partial charge in [-0.25, -0.2) is 0 Å². The Balaban J connectivity index is 1.70. The molecule has 0 bridgehead atoms. The van der Waals surface area contributed by atoms with E-state index in [1.54, 1.807) is 11.3 Å². The van der Waals surface area contributed by atoms with Gasteiger partial charge >= 0.3 is 5.97 Å². The number of carboxylic acid groups (broad SMARTS) is 1. The molecule has 0 aliphatic heterocycles. The summed E-state index contributed by atoms with van der Waals surface area (Å²) < 4.78 is 5.47. The number of aromatic nitrogens is 2. The maximum absolute atomic E-state index is 10.4. The Hall–Kier alpha value is -1.69. The lowest BCUT2D eigenvalue weighted by Gasteiger charge is -1.95. The Morgan fingerprint density at radius 2 is 1.95 bits per heavy atom. The van der Waals surface area contributed by atoms with Crippen molar-refractivity contribution in [2.24, 2.45) is 0 Å². The van der Waals surface area contributed by atoms with Crippen LogP contribution in [0.3, 0.4) is 0 Å². The van der Waals surface area contributed by atoms with Crippen LogP contribution in [0.4, 0.5) is 0 Å². The van der Waals surface area contributed by atoms with Crippen molar-refractivity contribution in [1.82, 2.24) is 10.2 Å². The van der Waals surface area contributed by atoms with E-state index in [0.717, 1.165) is 19.3 Å². The number of hydrogen-bond acceptors (Lipinski definition) is 5. The molecule has 19 heavy (non-hydrogen) atoms. The second kappa shape index (κ2) is 7.04. The Labute approximate surface area is 115 Å². The highest BCUT2D eigenvalue weighted by atomic mass is 32.1. The number of aryl methyl sites for hydroxylation is 3. The second-order valence-electron chi connectivity index (χ2n) is 4.27. The summed E-state index contributed by atoms with van der Waals surface area (Å²) in [4.78, 5) is 11.7. The monoisotopic (exact) mass is 280 g/mol. The number of thiophene rings is 1. The zero-order valence-electron chi connectivity index (χ0n) is 10.5. The number of hydrogen-bond donors (Lipinski definition) is 1. The van der Waals surface area contributed by atoms with Gasteiger partial charge in [0.25, 0.3) is 0 Å². The van der Waals surface area contributed by atoms with Gasteiger partial charge in [-0.1, -0.05) is 6.07 Å². The van der Waals surface area contributed by atoms with Crippen LogP contribution >= 0.6 is 11.3 Å². The van der Waals surface area contributed by atoms with Gasteiger partial charge < -0.3 is 9.52 Å². The molecule has 2 rings (SSSR count). The van der Waals surface area contributed by atoms with Crippen molar-refractivity contribution in [3.8, 4) is 0 Å². The number of rotatable bonds is 8. The van der Waals surface area contributed by atoms with E-state index in [2.05, 4.69) is 21.6 Å². The van der Waals surface area contributed by atoms with Gasteiger partial charge in [-0.2, -0.15) is 0 Å². The van der Waals surface area contributed by atoms with Gasteiger partial charge in [0.05, 0.1) is 0 Å². The number of carbonyl (C=O) groups is 1. The molecule has 0 amide bonds. The Kier molecular flexibility index (Phi) is 5.09. The summed E-state index contributed by atoms with van der Waals surface area (Å²) in [5.74, 6) is 0.380. The van der Waals surface area contributed by atoms with E-state index in [0.29, 0.717) is 24.6 Å². The van der Waals surface area contributed by atoms with E-state index < -0.39 is 5.97 Å². The van der Waals surface area contributed by atoms with Crippen molar-refractivity contribution in [3.63, 3.8) is 0 Å². The normalized spacial score (nSPS) is 10.7. The van der Waals surface area contributed by atoms with E-state index in [-0.39, 0.29) is 6.42 Å². The van der Waals surface area contributed by atoms with Crippen LogP contribution in [0, 0.1) is 0 Å². The Bertz CT molecular complexity index is 508. The fourth-order valence-electron chi connectivity index (χ4n) is 1.75. The highest BCUT2D eigenvalue weighted by Crippen LogP contribution is 2.13. The first kappa shape index (κ1) is 13.7. The van der Waals surface area contributed by atoms with Crippen LogP contribution in [-0.2, 0) is 24.1 Å². The van der Waals surface area contributed by atoms with Crippen LogP contribution < -0.4 is 0 Å². The summed E-state index contributed by atoms with van der Waals surface area (Å²) in [6.07, 6.45) is 3.97. The molecule has 0 saturated heterocycles. The zero-order valence-corrected chi connectivity index (χ0v) is 11.4. The van der Waals surface area contributed by atoms with E-state index in [9.17, 15) is 4.79 Å². The molecule has 0 saturated carbocycles. The van der Waals surface area contributed by atoms with E-state index in [4.69, 9.17) is 9.52 Å². The summed E-state index contributed by atoms with van der Waals surface area (Å²) >= 11 is 1.75. The topological polar surface area (TPSA) is 76.2 Å². The average Bonchev–Trinajstić information content (AvgIpc) is 3.00. The molecule has 1 N–H and O–H groups in total. The van der Waals surface area contributed by atoms with Crippen LogP contribution in [0.15, 0.2) is 21.9 Å². The molecule has 0 aliphatic rings. The first-order valence-corrected chi connectivity index (χ1v) is 7.17. The van der Waals surface area contributed by atoms with Gasteiger partial charge in [-0.15, -0.1) is 21.5 Å². The maximum atomic E-state index is 10.4. The minimum Gasteiger partial charge on any atom is -0.481 e. The minimum absolute atomic E-state index is 0.135. The van der Waals surface area contributed by atoms with Crippen molar-refractivity contribution < 1.29 is 14.3 Å². The number of aliphatic carboxylic acids is 1. The SMILES string of the molecule is O=C(O)CCCc1nnc(CCCc2cccs2)o1. The highest BCUT2D eigenvalue weighted by molar-refractivity contribution is 7.09. The van der Waals surface area contributed by atoms with Crippen LogP contribution in [0.5, 0.6) is 0 Å². The molecule has 0 atom stereocenters. The third-order valence-corrected chi connectivity index (χ3v) is 3.62. The average molecular weight is 280 g/mol. The molecule has 6 heteroatoms. The summed E-state index contributed by atoms with van der Waals surface area (Å²) in [7, 11) is 0. The van der Waals surface area contributed by atoms with E-state index in [1.165, 1.54) is 4.88 Å². The van der Waals surface area contributed by atoms with Gasteiger partial charge in [-0.3, -0.25) is 4.79 Å². The van der Waals surface area contributed by atoms with E-state index >= 15 is 0 Å². The van der Waals surface area contributed by atoms with Gasteiger partial charge in [0.15, 0.2) is 0 Å². The Morgan fingerprint density at radius 1 is 1.21 bits per heavy atom. The summed E-state index contributed by atoms with van der Waals surface area (Å²) in [5.41, 5.74) is 0. The summed E-state index contributed by atoms with van der Waals surface area (Å²) in [6.45, 7) is 0. The molecule has 0 fully saturated rings. The standard InChI is InChI=1S/C13H16N2O3S/c16-13(17)8-2-7-12-15-14-11(18-12)6-1-4-10-5-3-9-19-10/h3,5,9H,1-2,4,6-8H2,(H,16,17). The molecule has 2 heterocycles. The minimum atomic E-state index is -0.796. The Morgan fingerprint density at radius 3 is 2.58 bits per heavy atom. The smallest absolute Gasteiger partial charge is 0.303 e. The van der Waals surface area contributed by atoms with Crippen molar-refractivity contribution >= 4 is 17.3 Å². The van der Waals surface area contributed by atoms with Gasteiger partial charge in [0.1, 0.15) is 0 Å². The third kappa shape index (κ3) is 4.82. The quantitative estimate of drug-likeness (QED) is 0.804. The van der Waals surface area contributed by atoms with Gasteiger partial charge in [0, 0.05) is 24.1 Å². The molecule has 0 aliphatic carbocycles. The lowest BCUT2D eigenvalue weighted by atomic mass is 10.2. The maximum Gasteiger partial charge on any atom is 0.303 e. The van der Waals surface area contributed by atoms with Crippen molar-refractivity contribution in [1.29, 1.82) is 0 Å². The molecule has 2 aromatic rings. The highest BCUT2D eigenvalue weighted by Gasteiger charge is 2.07. The molecule has 5 nitrogen and oxygen atoms in total. The van der Waals surface area contributed by atoms with Crippen molar-refractivity contribution in [2.45, 2.75) is 38.5 Å². The van der Waals surface area contributed by atoms with Crippen LogP contribution in [0.1, 0.15) is 35.9 Å². The lowest BCUT2D eigenvalue weighted by Crippen LogP contribution is -1.95. The molecule has 0 unspecified atom stereocenters. The molecule has 2 aromatic heterocycles. The third-order valence-electron chi connectivity index (χ3n) is 2.68. The van der Waals surface area contributed by atoms with Crippen LogP contribution in [0.2, 0.25) is 0 Å². The number of nitrogens with zero attached hydrogens (tertiary/aromatic N) is 2. The molecule has 102 valence electrons. The summed E-state index contributed by atoms with van der Waals surface area (Å²) in [5, 5.41) is 18.5. The predicted octanol–water partition coefficient (Wildman–Crippen LogP) is 2.71. The zero-order chi connectivity index (χ0) is 13.5. The largest absolute Gasteiger partial charge is 0.481 e. The fourth-order valence-corrected chi connectivity index (χ4v) is 2.50. The van der Waals surface area contributed by atoms with Crippen molar-refractivity contribution in [2.75, 3.05) is 0 Å². The van der Waals surface area contributed by atoms with Crippen LogP contribution in [-0.4, -0.2) is 21.3 Å². The van der Waals surface area contributed by atoms with Gasteiger partial charge in [0.2, 0.25) is 11.8 Å². The second-order valence-corrected chi connectivity index (χ2v) is 5.30. The fraction of sp³-hybridized carbons (Fsp3) is 0.462. The lowest BCUT2D eigenvalue weighted by molar-refractivity contribution is -0.137. The molecular formula is C13H16N2O3S. The molecule has 0 aromatic carbocycles.